The summed E-state index contributed by atoms with van der Waals surface area (Å²) in [6, 6.07) is 3.92. The normalized spacial score (nSPS) is 15.7. The topological polar surface area (TPSA) is 53.9 Å². The zero-order chi connectivity index (χ0) is 12.2. The summed E-state index contributed by atoms with van der Waals surface area (Å²) in [4.78, 5) is 15.1. The number of anilines is 1. The van der Waals surface area contributed by atoms with Gasteiger partial charge in [-0.15, -0.1) is 0 Å². The zero-order valence-corrected chi connectivity index (χ0v) is 10.1. The first kappa shape index (κ1) is 11.1. The molecule has 3 rings (SSSR count). The summed E-state index contributed by atoms with van der Waals surface area (Å²) in [5.41, 5.74) is 2.12. The van der Waals surface area contributed by atoms with E-state index in [0.717, 1.165) is 43.3 Å². The fourth-order valence-electron chi connectivity index (χ4n) is 2.04. The molecule has 3 heterocycles. The fraction of sp³-hybridized carbons (Fsp3) is 0.308. The van der Waals surface area contributed by atoms with E-state index in [1.165, 1.54) is 0 Å². The maximum Gasteiger partial charge on any atom is 0.225 e. The van der Waals surface area contributed by atoms with E-state index in [-0.39, 0.29) is 0 Å². The average Bonchev–Trinajstić information content (AvgIpc) is 2.49. The van der Waals surface area contributed by atoms with Gasteiger partial charge >= 0.3 is 0 Å². The van der Waals surface area contributed by atoms with Crippen molar-refractivity contribution >= 4 is 5.95 Å². The predicted octanol–water partition coefficient (Wildman–Crippen LogP) is 0.948. The highest BCUT2D eigenvalue weighted by molar-refractivity contribution is 5.61. The monoisotopic (exact) mass is 241 g/mol. The lowest BCUT2D eigenvalue weighted by Crippen LogP contribution is -2.44. The molecule has 0 unspecified atom stereocenters. The number of pyridine rings is 1. The lowest BCUT2D eigenvalue weighted by atomic mass is 10.1. The summed E-state index contributed by atoms with van der Waals surface area (Å²) in [6.45, 7) is 3.92. The smallest absolute Gasteiger partial charge is 0.225 e. The summed E-state index contributed by atoms with van der Waals surface area (Å²) in [7, 11) is 0. The predicted molar refractivity (Wildman–Crippen MR) is 70.3 cm³/mol. The molecule has 1 saturated heterocycles. The molecular formula is C13H15N5. The summed E-state index contributed by atoms with van der Waals surface area (Å²) >= 11 is 0. The van der Waals surface area contributed by atoms with Crippen molar-refractivity contribution in [2.45, 2.75) is 0 Å². The molecule has 0 saturated carbocycles. The Hall–Kier alpha value is -2.01. The fourth-order valence-corrected chi connectivity index (χ4v) is 2.04. The minimum Gasteiger partial charge on any atom is -0.338 e. The molecule has 18 heavy (non-hydrogen) atoms. The highest BCUT2D eigenvalue weighted by Gasteiger charge is 2.12. The van der Waals surface area contributed by atoms with E-state index in [9.17, 15) is 0 Å². The molecule has 0 aromatic carbocycles. The Morgan fingerprint density at radius 1 is 0.944 bits per heavy atom. The Labute approximate surface area is 106 Å². The van der Waals surface area contributed by atoms with Crippen LogP contribution >= 0.6 is 0 Å². The Bertz CT molecular complexity index is 491. The average molecular weight is 241 g/mol. The van der Waals surface area contributed by atoms with Gasteiger partial charge in [0.1, 0.15) is 0 Å². The first-order chi connectivity index (χ1) is 8.93. The molecule has 0 atom stereocenters. The van der Waals surface area contributed by atoms with Gasteiger partial charge in [-0.1, -0.05) is 0 Å². The standard InChI is InChI=1S/C13H15N5/c1-3-14-4-2-11(1)12-9-16-13(17-10-12)18-7-5-15-6-8-18/h1-4,9-10,15H,5-8H2. The second-order valence-corrected chi connectivity index (χ2v) is 4.24. The highest BCUT2D eigenvalue weighted by atomic mass is 15.3. The molecule has 1 aliphatic heterocycles. The number of nitrogens with one attached hydrogen (secondary N) is 1. The molecule has 1 aliphatic rings. The molecule has 5 heteroatoms. The van der Waals surface area contributed by atoms with E-state index < -0.39 is 0 Å². The van der Waals surface area contributed by atoms with Crippen molar-refractivity contribution in [3.63, 3.8) is 0 Å². The Morgan fingerprint density at radius 2 is 1.61 bits per heavy atom. The van der Waals surface area contributed by atoms with Crippen LogP contribution in [0.4, 0.5) is 5.95 Å². The molecule has 0 bridgehead atoms. The van der Waals surface area contributed by atoms with Crippen LogP contribution in [-0.2, 0) is 0 Å². The van der Waals surface area contributed by atoms with Crippen LogP contribution in [0.25, 0.3) is 11.1 Å². The largest absolute Gasteiger partial charge is 0.338 e. The summed E-state index contributed by atoms with van der Waals surface area (Å²) in [5.74, 6) is 0.814. The van der Waals surface area contributed by atoms with E-state index in [1.54, 1.807) is 12.4 Å². The van der Waals surface area contributed by atoms with Gasteiger partial charge in [0.05, 0.1) is 0 Å². The van der Waals surface area contributed by atoms with E-state index in [4.69, 9.17) is 0 Å². The van der Waals surface area contributed by atoms with Gasteiger partial charge in [0.15, 0.2) is 0 Å². The van der Waals surface area contributed by atoms with E-state index in [0.29, 0.717) is 0 Å². The number of piperazine rings is 1. The minimum atomic E-state index is 0.814. The van der Waals surface area contributed by atoms with Crippen LogP contribution in [-0.4, -0.2) is 41.1 Å². The number of hydrogen-bond donors (Lipinski definition) is 1. The summed E-state index contributed by atoms with van der Waals surface area (Å²) in [5, 5.41) is 3.32. The maximum atomic E-state index is 4.45. The molecule has 2 aromatic heterocycles. The second kappa shape index (κ2) is 5.10. The Balaban J connectivity index is 1.80. The van der Waals surface area contributed by atoms with Crippen LogP contribution in [0.5, 0.6) is 0 Å². The van der Waals surface area contributed by atoms with Gasteiger partial charge in [0.25, 0.3) is 0 Å². The summed E-state index contributed by atoms with van der Waals surface area (Å²) in [6.07, 6.45) is 7.30. The third-order valence-electron chi connectivity index (χ3n) is 3.05. The van der Waals surface area contributed by atoms with Gasteiger partial charge in [-0.25, -0.2) is 9.97 Å². The number of hydrogen-bond acceptors (Lipinski definition) is 5. The quantitative estimate of drug-likeness (QED) is 0.848. The number of aromatic nitrogens is 3. The zero-order valence-electron chi connectivity index (χ0n) is 10.1. The van der Waals surface area contributed by atoms with Gasteiger partial charge in [-0.05, 0) is 17.7 Å². The van der Waals surface area contributed by atoms with E-state index in [1.807, 2.05) is 24.5 Å². The van der Waals surface area contributed by atoms with Crippen LogP contribution in [0.3, 0.4) is 0 Å². The van der Waals surface area contributed by atoms with Crippen LogP contribution in [0.15, 0.2) is 36.9 Å². The molecule has 1 fully saturated rings. The highest BCUT2D eigenvalue weighted by Crippen LogP contribution is 2.17. The number of nitrogens with zero attached hydrogens (tertiary/aromatic N) is 4. The van der Waals surface area contributed by atoms with Crippen molar-refractivity contribution in [1.29, 1.82) is 0 Å². The van der Waals surface area contributed by atoms with E-state index >= 15 is 0 Å². The van der Waals surface area contributed by atoms with Crippen molar-refractivity contribution in [1.82, 2.24) is 20.3 Å². The molecule has 92 valence electrons. The van der Waals surface area contributed by atoms with Crippen molar-refractivity contribution in [2.24, 2.45) is 0 Å². The minimum absolute atomic E-state index is 0.814. The molecule has 2 aromatic rings. The third-order valence-corrected chi connectivity index (χ3v) is 3.05. The number of rotatable bonds is 2. The maximum absolute atomic E-state index is 4.45. The van der Waals surface area contributed by atoms with Gasteiger partial charge in [-0.3, -0.25) is 4.98 Å². The van der Waals surface area contributed by atoms with Gasteiger partial charge in [-0.2, -0.15) is 0 Å². The molecule has 0 radical (unpaired) electrons. The van der Waals surface area contributed by atoms with Gasteiger partial charge < -0.3 is 10.2 Å². The van der Waals surface area contributed by atoms with Gasteiger partial charge in [0.2, 0.25) is 5.95 Å². The van der Waals surface area contributed by atoms with Crippen LogP contribution < -0.4 is 10.2 Å². The van der Waals surface area contributed by atoms with Crippen LogP contribution in [0, 0.1) is 0 Å². The second-order valence-electron chi connectivity index (χ2n) is 4.24. The molecule has 0 amide bonds. The molecular weight excluding hydrogens is 226 g/mol. The van der Waals surface area contributed by atoms with Crippen LogP contribution in [0.1, 0.15) is 0 Å². The van der Waals surface area contributed by atoms with Crippen molar-refractivity contribution < 1.29 is 0 Å². The van der Waals surface area contributed by atoms with Crippen LogP contribution in [0.2, 0.25) is 0 Å². The molecule has 5 nitrogen and oxygen atoms in total. The van der Waals surface area contributed by atoms with Gasteiger partial charge in [0, 0.05) is 56.5 Å². The lowest BCUT2D eigenvalue weighted by molar-refractivity contribution is 0.580. The van der Waals surface area contributed by atoms with Crippen molar-refractivity contribution in [2.75, 3.05) is 31.1 Å². The molecule has 1 N–H and O–H groups in total. The molecule has 0 spiro atoms. The van der Waals surface area contributed by atoms with Crippen molar-refractivity contribution in [3.05, 3.63) is 36.9 Å². The molecule has 0 aliphatic carbocycles. The third kappa shape index (κ3) is 2.31. The summed E-state index contributed by atoms with van der Waals surface area (Å²) < 4.78 is 0. The SMILES string of the molecule is c1cc(-c2cnc(N3CCNCC3)nc2)ccn1. The van der Waals surface area contributed by atoms with Crippen molar-refractivity contribution in [3.8, 4) is 11.1 Å². The first-order valence-electron chi connectivity index (χ1n) is 6.11. The Morgan fingerprint density at radius 3 is 2.28 bits per heavy atom. The van der Waals surface area contributed by atoms with E-state index in [2.05, 4.69) is 25.2 Å². The Kier molecular flexibility index (Phi) is 3.14. The lowest BCUT2D eigenvalue weighted by Gasteiger charge is -2.27. The first-order valence-corrected chi connectivity index (χ1v) is 6.11.